The van der Waals surface area contributed by atoms with Crippen LogP contribution in [-0.2, 0) is 6.42 Å². The molecule has 0 spiro atoms. The minimum atomic E-state index is -0.552. The van der Waals surface area contributed by atoms with Gasteiger partial charge in [0.25, 0.3) is 0 Å². The molecule has 1 aliphatic rings. The lowest BCUT2D eigenvalue weighted by molar-refractivity contribution is 0.132. The molecular formula is C16H23N3O2S. The average molecular weight is 321 g/mol. The number of rotatable bonds is 6. The number of furan rings is 1. The lowest BCUT2D eigenvalue weighted by Gasteiger charge is -2.25. The van der Waals surface area contributed by atoms with Crippen molar-refractivity contribution in [1.82, 2.24) is 9.36 Å². The Hall–Kier alpha value is -1.40. The molecule has 2 atom stereocenters. The molecule has 3 rings (SSSR count). The van der Waals surface area contributed by atoms with Crippen molar-refractivity contribution in [3.63, 3.8) is 0 Å². The van der Waals surface area contributed by atoms with E-state index in [1.54, 1.807) is 6.26 Å². The van der Waals surface area contributed by atoms with Crippen molar-refractivity contribution in [3.8, 4) is 0 Å². The van der Waals surface area contributed by atoms with E-state index < -0.39 is 6.10 Å². The van der Waals surface area contributed by atoms with Gasteiger partial charge in [-0.15, -0.1) is 0 Å². The monoisotopic (exact) mass is 321 g/mol. The fourth-order valence-corrected chi connectivity index (χ4v) is 3.79. The van der Waals surface area contributed by atoms with Gasteiger partial charge in [0.15, 0.2) is 0 Å². The topological polar surface area (TPSA) is 62.4 Å². The molecule has 0 saturated carbocycles. The zero-order chi connectivity index (χ0) is 15.5. The molecule has 0 radical (unpaired) electrons. The first kappa shape index (κ1) is 15.5. The third-order valence-electron chi connectivity index (χ3n) is 4.04. The van der Waals surface area contributed by atoms with Crippen LogP contribution >= 0.6 is 11.5 Å². The van der Waals surface area contributed by atoms with Crippen LogP contribution in [0, 0.1) is 5.92 Å². The summed E-state index contributed by atoms with van der Waals surface area (Å²) in [4.78, 5) is 6.98. The molecule has 0 aliphatic carbocycles. The van der Waals surface area contributed by atoms with Gasteiger partial charge in [0, 0.05) is 37.0 Å². The maximum atomic E-state index is 10.3. The number of hydrogen-bond acceptors (Lipinski definition) is 6. The van der Waals surface area contributed by atoms with E-state index in [0.29, 0.717) is 24.1 Å². The number of hydrogen-bond donors (Lipinski definition) is 1. The Morgan fingerprint density at radius 3 is 3.09 bits per heavy atom. The van der Waals surface area contributed by atoms with Crippen molar-refractivity contribution >= 4 is 16.7 Å². The Labute approximate surface area is 135 Å². The highest BCUT2D eigenvalue weighted by atomic mass is 32.1. The van der Waals surface area contributed by atoms with Crippen LogP contribution in [0.15, 0.2) is 22.8 Å². The van der Waals surface area contributed by atoms with Crippen molar-refractivity contribution in [3.05, 3.63) is 30.0 Å². The van der Waals surface area contributed by atoms with Crippen LogP contribution in [0.4, 0.5) is 5.13 Å². The van der Waals surface area contributed by atoms with Crippen LogP contribution in [0.5, 0.6) is 0 Å². The van der Waals surface area contributed by atoms with Gasteiger partial charge >= 0.3 is 0 Å². The smallest absolute Gasteiger partial charge is 0.205 e. The summed E-state index contributed by atoms with van der Waals surface area (Å²) in [5.41, 5.74) is 0. The summed E-state index contributed by atoms with van der Waals surface area (Å²) in [6.07, 6.45) is 4.86. The lowest BCUT2D eigenvalue weighted by atomic mass is 10.1. The Bertz CT molecular complexity index is 582. The van der Waals surface area contributed by atoms with Gasteiger partial charge in [-0.05, 0) is 30.9 Å². The fourth-order valence-electron chi connectivity index (χ4n) is 3.00. The first-order chi connectivity index (χ1) is 10.6. The molecule has 1 saturated heterocycles. The van der Waals surface area contributed by atoms with Gasteiger partial charge < -0.3 is 14.4 Å². The summed E-state index contributed by atoms with van der Waals surface area (Å²) in [7, 11) is 0. The summed E-state index contributed by atoms with van der Waals surface area (Å²) >= 11 is 1.48. The second-order valence-electron chi connectivity index (χ2n) is 6.35. The Kier molecular flexibility index (Phi) is 4.78. The standard InChI is InChI=1S/C16H23N3O2S/c1-11(2)9-15-17-16(22-18-15)19-7-3-5-12(19)10-13(20)14-6-4-8-21-14/h4,6,8,11-13,20H,3,5,7,9-10H2,1-2H3/t12-,13-/m0/s1. The van der Waals surface area contributed by atoms with E-state index in [-0.39, 0.29) is 0 Å². The first-order valence-electron chi connectivity index (χ1n) is 7.94. The molecule has 1 fully saturated rings. The number of aromatic nitrogens is 2. The average Bonchev–Trinajstić information content (AvgIpc) is 3.18. The van der Waals surface area contributed by atoms with Gasteiger partial charge in [-0.25, -0.2) is 4.98 Å². The Morgan fingerprint density at radius 2 is 2.36 bits per heavy atom. The maximum Gasteiger partial charge on any atom is 0.205 e. The van der Waals surface area contributed by atoms with E-state index in [0.717, 1.165) is 36.8 Å². The predicted molar refractivity (Wildman–Crippen MR) is 87.1 cm³/mol. The number of anilines is 1. The second-order valence-corrected chi connectivity index (χ2v) is 7.08. The van der Waals surface area contributed by atoms with Gasteiger partial charge in [0.2, 0.25) is 5.13 Å². The molecule has 120 valence electrons. The molecular weight excluding hydrogens is 298 g/mol. The van der Waals surface area contributed by atoms with Crippen molar-refractivity contribution in [2.45, 2.75) is 51.7 Å². The molecule has 0 unspecified atom stereocenters. The van der Waals surface area contributed by atoms with E-state index in [9.17, 15) is 5.11 Å². The molecule has 0 amide bonds. The van der Waals surface area contributed by atoms with E-state index in [2.05, 4.69) is 28.1 Å². The summed E-state index contributed by atoms with van der Waals surface area (Å²) in [6, 6.07) is 3.95. The van der Waals surface area contributed by atoms with Gasteiger partial charge in [0.1, 0.15) is 17.7 Å². The minimum Gasteiger partial charge on any atom is -0.467 e. The fraction of sp³-hybridized carbons (Fsp3) is 0.625. The summed E-state index contributed by atoms with van der Waals surface area (Å²) in [5.74, 6) is 2.15. The molecule has 3 heterocycles. The molecule has 1 N–H and O–H groups in total. The summed E-state index contributed by atoms with van der Waals surface area (Å²) < 4.78 is 9.77. The highest BCUT2D eigenvalue weighted by molar-refractivity contribution is 7.09. The van der Waals surface area contributed by atoms with Crippen LogP contribution in [0.1, 0.15) is 50.8 Å². The van der Waals surface area contributed by atoms with Crippen LogP contribution < -0.4 is 4.90 Å². The quantitative estimate of drug-likeness (QED) is 0.883. The van der Waals surface area contributed by atoms with Crippen molar-refractivity contribution < 1.29 is 9.52 Å². The largest absolute Gasteiger partial charge is 0.467 e. The first-order valence-corrected chi connectivity index (χ1v) is 8.71. The van der Waals surface area contributed by atoms with Crippen LogP contribution in [0.2, 0.25) is 0 Å². The van der Waals surface area contributed by atoms with Gasteiger partial charge in [-0.3, -0.25) is 0 Å². The van der Waals surface area contributed by atoms with Crippen molar-refractivity contribution in [2.75, 3.05) is 11.4 Å². The normalized spacial score (nSPS) is 20.0. The van der Waals surface area contributed by atoms with Crippen LogP contribution in [0.3, 0.4) is 0 Å². The number of nitrogens with zero attached hydrogens (tertiary/aromatic N) is 3. The van der Waals surface area contributed by atoms with Crippen molar-refractivity contribution in [1.29, 1.82) is 0 Å². The van der Waals surface area contributed by atoms with E-state index in [1.165, 1.54) is 11.5 Å². The molecule has 2 aromatic heterocycles. The molecule has 5 nitrogen and oxygen atoms in total. The van der Waals surface area contributed by atoms with E-state index in [1.807, 2.05) is 12.1 Å². The van der Waals surface area contributed by atoms with E-state index in [4.69, 9.17) is 4.42 Å². The van der Waals surface area contributed by atoms with Gasteiger partial charge in [-0.1, -0.05) is 13.8 Å². The van der Waals surface area contributed by atoms with Crippen LogP contribution in [0.25, 0.3) is 0 Å². The number of aliphatic hydroxyl groups excluding tert-OH is 1. The molecule has 1 aliphatic heterocycles. The molecule has 6 heteroatoms. The molecule has 0 aromatic carbocycles. The zero-order valence-electron chi connectivity index (χ0n) is 13.1. The highest BCUT2D eigenvalue weighted by Gasteiger charge is 2.30. The van der Waals surface area contributed by atoms with Crippen LogP contribution in [-0.4, -0.2) is 27.1 Å². The summed E-state index contributed by atoms with van der Waals surface area (Å²) in [5, 5.41) is 11.3. The number of aliphatic hydroxyl groups is 1. The Morgan fingerprint density at radius 1 is 1.50 bits per heavy atom. The third-order valence-corrected chi connectivity index (χ3v) is 4.83. The Balaban J connectivity index is 1.66. The highest BCUT2D eigenvalue weighted by Crippen LogP contribution is 2.32. The maximum absolute atomic E-state index is 10.3. The molecule has 0 bridgehead atoms. The SMILES string of the molecule is CC(C)Cc1nsc(N2CCC[C@H]2C[C@H](O)c2ccco2)n1. The van der Waals surface area contributed by atoms with Crippen molar-refractivity contribution in [2.24, 2.45) is 5.92 Å². The van der Waals surface area contributed by atoms with Gasteiger partial charge in [0.05, 0.1) is 6.26 Å². The molecule has 2 aromatic rings. The summed E-state index contributed by atoms with van der Waals surface area (Å²) in [6.45, 7) is 5.35. The zero-order valence-corrected chi connectivity index (χ0v) is 13.9. The lowest BCUT2D eigenvalue weighted by Crippen LogP contribution is -2.30. The molecule has 22 heavy (non-hydrogen) atoms. The van der Waals surface area contributed by atoms with Gasteiger partial charge in [-0.2, -0.15) is 4.37 Å². The predicted octanol–water partition coefficient (Wildman–Crippen LogP) is 3.42. The second kappa shape index (κ2) is 6.79. The minimum absolute atomic E-state index is 0.306. The third kappa shape index (κ3) is 3.50. The van der Waals surface area contributed by atoms with E-state index >= 15 is 0 Å².